The normalized spacial score (nSPS) is 20.4. The third kappa shape index (κ3) is 3.54. The first-order chi connectivity index (χ1) is 10.6. The van der Waals surface area contributed by atoms with E-state index in [2.05, 4.69) is 0 Å². The van der Waals surface area contributed by atoms with Crippen molar-refractivity contribution in [1.82, 2.24) is 0 Å². The minimum absolute atomic E-state index is 0.0174. The number of rotatable bonds is 4. The topological polar surface area (TPSA) is 44.8 Å². The van der Waals surface area contributed by atoms with Crippen molar-refractivity contribution in [3.63, 3.8) is 0 Å². The third-order valence-electron chi connectivity index (χ3n) is 4.60. The zero-order valence-electron chi connectivity index (χ0n) is 14.0. The van der Waals surface area contributed by atoms with Crippen LogP contribution in [0.2, 0.25) is 5.02 Å². The second-order valence-electron chi connectivity index (χ2n) is 6.65. The number of methoxy groups -OCH3 is 1. The molecule has 0 N–H and O–H groups in total. The van der Waals surface area contributed by atoms with Crippen molar-refractivity contribution >= 4 is 24.7 Å². The Morgan fingerprint density at radius 3 is 2.39 bits per heavy atom. The highest BCUT2D eigenvalue weighted by molar-refractivity contribution is 6.48. The summed E-state index contributed by atoms with van der Waals surface area (Å²) < 4.78 is 30.6. The van der Waals surface area contributed by atoms with Crippen molar-refractivity contribution in [2.24, 2.45) is 0 Å². The second-order valence-corrected chi connectivity index (χ2v) is 7.03. The molecule has 1 aliphatic rings. The molecule has 0 aromatic heterocycles. The minimum atomic E-state index is -0.724. The Balaban J connectivity index is 2.40. The predicted octanol–water partition coefficient (Wildman–Crippen LogP) is 3.76. The van der Waals surface area contributed by atoms with Crippen LogP contribution in [0.15, 0.2) is 18.2 Å². The summed E-state index contributed by atoms with van der Waals surface area (Å²) in [6.07, 6.45) is -0.0174. The van der Waals surface area contributed by atoms with Gasteiger partial charge in [0.2, 0.25) is 0 Å². The van der Waals surface area contributed by atoms with Crippen LogP contribution in [-0.4, -0.2) is 31.4 Å². The van der Waals surface area contributed by atoms with E-state index < -0.39 is 35.9 Å². The van der Waals surface area contributed by atoms with Gasteiger partial charge in [-0.1, -0.05) is 23.7 Å². The first-order valence-electron chi connectivity index (χ1n) is 7.45. The second kappa shape index (κ2) is 6.42. The molecule has 0 aliphatic carbocycles. The van der Waals surface area contributed by atoms with Gasteiger partial charge in [0.25, 0.3) is 0 Å². The molecule has 1 fully saturated rings. The van der Waals surface area contributed by atoms with Crippen molar-refractivity contribution in [3.05, 3.63) is 34.6 Å². The van der Waals surface area contributed by atoms with Gasteiger partial charge in [0.05, 0.1) is 29.8 Å². The lowest BCUT2D eigenvalue weighted by molar-refractivity contribution is -0.140. The van der Waals surface area contributed by atoms with E-state index in [9.17, 15) is 9.18 Å². The van der Waals surface area contributed by atoms with Gasteiger partial charge in [-0.2, -0.15) is 0 Å². The molecule has 1 aliphatic heterocycles. The molecule has 0 spiro atoms. The standard InChI is InChI=1S/C16H21BClFO4/c1-15(2)16(3,4)23-17(22-15)11(9-13(20)21-5)10-7-6-8-12(19)14(10)18/h6-8,11H,9H2,1-5H3. The Kier molecular flexibility index (Phi) is 5.09. The molecule has 126 valence electrons. The highest BCUT2D eigenvalue weighted by Gasteiger charge is 2.54. The van der Waals surface area contributed by atoms with Crippen molar-refractivity contribution < 1.29 is 23.2 Å². The van der Waals surface area contributed by atoms with Crippen molar-refractivity contribution in [2.45, 2.75) is 51.1 Å². The molecule has 1 heterocycles. The van der Waals surface area contributed by atoms with E-state index in [0.717, 1.165) is 0 Å². The molecule has 1 aromatic rings. The summed E-state index contributed by atoms with van der Waals surface area (Å²) in [4.78, 5) is 11.8. The Labute approximate surface area is 141 Å². The van der Waals surface area contributed by atoms with Crippen molar-refractivity contribution in [3.8, 4) is 0 Å². The van der Waals surface area contributed by atoms with E-state index in [-0.39, 0.29) is 11.4 Å². The first kappa shape index (κ1) is 18.2. The van der Waals surface area contributed by atoms with Gasteiger partial charge in [0, 0.05) is 5.82 Å². The highest BCUT2D eigenvalue weighted by atomic mass is 35.5. The number of ether oxygens (including phenoxy) is 1. The van der Waals surface area contributed by atoms with Crippen LogP contribution in [0, 0.1) is 5.82 Å². The molecule has 0 radical (unpaired) electrons. The van der Waals surface area contributed by atoms with Crippen LogP contribution in [0.1, 0.15) is 45.5 Å². The lowest BCUT2D eigenvalue weighted by atomic mass is 9.66. The van der Waals surface area contributed by atoms with Gasteiger partial charge in [-0.15, -0.1) is 0 Å². The summed E-state index contributed by atoms with van der Waals surface area (Å²) >= 11 is 6.10. The van der Waals surface area contributed by atoms with E-state index >= 15 is 0 Å². The first-order valence-corrected chi connectivity index (χ1v) is 7.83. The highest BCUT2D eigenvalue weighted by Crippen LogP contribution is 2.43. The van der Waals surface area contributed by atoms with Gasteiger partial charge in [-0.05, 0) is 39.3 Å². The summed E-state index contributed by atoms with van der Waals surface area (Å²) in [5.41, 5.74) is -0.659. The van der Waals surface area contributed by atoms with Gasteiger partial charge >= 0.3 is 13.1 Å². The fourth-order valence-corrected chi connectivity index (χ4v) is 2.74. The zero-order chi connectivity index (χ0) is 17.4. The summed E-state index contributed by atoms with van der Waals surface area (Å²) in [7, 11) is 0.579. The van der Waals surface area contributed by atoms with E-state index in [4.69, 9.17) is 25.6 Å². The number of benzene rings is 1. The van der Waals surface area contributed by atoms with E-state index in [1.807, 2.05) is 27.7 Å². The lowest BCUT2D eigenvalue weighted by Crippen LogP contribution is -2.41. The van der Waals surface area contributed by atoms with E-state index in [1.54, 1.807) is 12.1 Å². The van der Waals surface area contributed by atoms with Crippen LogP contribution < -0.4 is 0 Å². The number of hydrogen-bond donors (Lipinski definition) is 0. The molecular weight excluding hydrogens is 321 g/mol. The van der Waals surface area contributed by atoms with Gasteiger partial charge in [-0.3, -0.25) is 4.79 Å². The average molecular weight is 343 g/mol. The molecule has 1 saturated heterocycles. The number of hydrogen-bond acceptors (Lipinski definition) is 4. The Bertz CT molecular complexity index is 590. The van der Waals surface area contributed by atoms with Crippen LogP contribution in [-0.2, 0) is 18.8 Å². The predicted molar refractivity (Wildman–Crippen MR) is 86.9 cm³/mol. The number of carbonyl (C=O) groups is 1. The maximum atomic E-state index is 13.8. The van der Waals surface area contributed by atoms with E-state index in [1.165, 1.54) is 13.2 Å². The largest absolute Gasteiger partial charge is 0.469 e. The molecule has 7 heteroatoms. The number of esters is 1. The van der Waals surface area contributed by atoms with Crippen molar-refractivity contribution in [2.75, 3.05) is 7.11 Å². The molecule has 2 rings (SSSR count). The van der Waals surface area contributed by atoms with Crippen LogP contribution in [0.25, 0.3) is 0 Å². The zero-order valence-corrected chi connectivity index (χ0v) is 14.7. The summed E-state index contributed by atoms with van der Waals surface area (Å²) in [6, 6.07) is 4.49. The Hall–Kier alpha value is -1.11. The maximum absolute atomic E-state index is 13.8. The molecule has 4 nitrogen and oxygen atoms in total. The number of halogens is 2. The maximum Gasteiger partial charge on any atom is 0.466 e. The average Bonchev–Trinajstić information content (AvgIpc) is 2.67. The van der Waals surface area contributed by atoms with Crippen LogP contribution in [0.5, 0.6) is 0 Å². The Morgan fingerprint density at radius 2 is 1.87 bits per heavy atom. The van der Waals surface area contributed by atoms with Gasteiger partial charge in [-0.25, -0.2) is 4.39 Å². The molecule has 0 bridgehead atoms. The van der Waals surface area contributed by atoms with Gasteiger partial charge in [0.1, 0.15) is 5.82 Å². The smallest absolute Gasteiger partial charge is 0.466 e. The summed E-state index contributed by atoms with van der Waals surface area (Å²) in [5.74, 6) is -1.55. The SMILES string of the molecule is COC(=O)CC(B1OC(C)(C)C(C)(C)O1)c1cccc(F)c1Cl. The molecule has 1 aromatic carbocycles. The quantitative estimate of drug-likeness (QED) is 0.617. The van der Waals surface area contributed by atoms with E-state index in [0.29, 0.717) is 5.56 Å². The number of carbonyl (C=O) groups excluding carboxylic acids is 1. The van der Waals surface area contributed by atoms with Crippen LogP contribution in [0.3, 0.4) is 0 Å². The lowest BCUT2D eigenvalue weighted by Gasteiger charge is -2.32. The van der Waals surface area contributed by atoms with Crippen LogP contribution >= 0.6 is 11.6 Å². The van der Waals surface area contributed by atoms with Crippen LogP contribution in [0.4, 0.5) is 4.39 Å². The molecule has 0 saturated carbocycles. The molecule has 1 atom stereocenters. The molecule has 23 heavy (non-hydrogen) atoms. The third-order valence-corrected chi connectivity index (χ3v) is 4.99. The summed E-state index contributed by atoms with van der Waals surface area (Å²) in [5, 5.41) is -0.0314. The fourth-order valence-electron chi connectivity index (χ4n) is 2.48. The molecule has 0 amide bonds. The van der Waals surface area contributed by atoms with Gasteiger partial charge < -0.3 is 14.0 Å². The van der Waals surface area contributed by atoms with Gasteiger partial charge in [0.15, 0.2) is 0 Å². The minimum Gasteiger partial charge on any atom is -0.469 e. The molecular formula is C16H21BClFO4. The summed E-state index contributed by atoms with van der Waals surface area (Å²) in [6.45, 7) is 7.65. The monoisotopic (exact) mass is 342 g/mol. The fraction of sp³-hybridized carbons (Fsp3) is 0.562. The Morgan fingerprint density at radius 1 is 1.30 bits per heavy atom. The molecule has 1 unspecified atom stereocenters. The van der Waals surface area contributed by atoms with Crippen molar-refractivity contribution in [1.29, 1.82) is 0 Å².